The van der Waals surface area contributed by atoms with Crippen LogP contribution in [-0.2, 0) is 0 Å². The monoisotopic (exact) mass is 440 g/mol. The molecule has 3 aromatic heterocycles. The highest BCUT2D eigenvalue weighted by Gasteiger charge is 2.32. The van der Waals surface area contributed by atoms with Crippen molar-refractivity contribution >= 4 is 23.0 Å². The van der Waals surface area contributed by atoms with Crippen LogP contribution in [0.4, 0.5) is 10.4 Å². The molecule has 2 aromatic carbocycles. The fourth-order valence-electron chi connectivity index (χ4n) is 3.79. The lowest BCUT2D eigenvalue weighted by Gasteiger charge is -2.07. The lowest BCUT2D eigenvalue weighted by Crippen LogP contribution is -2.13. The summed E-state index contributed by atoms with van der Waals surface area (Å²) < 4.78 is 24.4. The molecule has 1 amide bonds. The predicted molar refractivity (Wildman–Crippen MR) is 119 cm³/mol. The molecule has 5 aromatic rings. The summed E-state index contributed by atoms with van der Waals surface area (Å²) in [5, 5.41) is 7.49. The maximum Gasteiger partial charge on any atom is 0.302 e. The number of fused-ring (bicyclic) bond motifs is 1. The quantitative estimate of drug-likeness (QED) is 0.370. The largest absolute Gasteiger partial charge is 0.431 e. The molecule has 0 saturated heterocycles. The van der Waals surface area contributed by atoms with E-state index in [1.807, 2.05) is 30.3 Å². The van der Waals surface area contributed by atoms with Crippen LogP contribution in [0, 0.1) is 5.82 Å². The first kappa shape index (κ1) is 19.4. The minimum Gasteiger partial charge on any atom is -0.431 e. The van der Waals surface area contributed by atoms with E-state index >= 15 is 0 Å². The number of benzene rings is 2. The Kier molecular flexibility index (Phi) is 4.50. The molecule has 0 aliphatic heterocycles. The first-order valence-electron chi connectivity index (χ1n) is 10.5. The molecule has 1 fully saturated rings. The van der Waals surface area contributed by atoms with Crippen molar-refractivity contribution in [3.8, 4) is 22.5 Å². The second kappa shape index (κ2) is 7.67. The predicted octanol–water partition coefficient (Wildman–Crippen LogP) is 5.81. The SMILES string of the molecule is O=C(Nc1nc(-c2ccccc2)co1)c1cc(-c2ccc(F)cc2)nc2onc(C3CC3)c12. The van der Waals surface area contributed by atoms with E-state index in [4.69, 9.17) is 8.94 Å². The van der Waals surface area contributed by atoms with Gasteiger partial charge in [0.05, 0.1) is 22.3 Å². The Balaban J connectivity index is 1.39. The van der Waals surface area contributed by atoms with Gasteiger partial charge >= 0.3 is 6.01 Å². The molecule has 0 unspecified atom stereocenters. The van der Waals surface area contributed by atoms with E-state index in [2.05, 4.69) is 20.4 Å². The van der Waals surface area contributed by atoms with E-state index in [-0.39, 0.29) is 23.5 Å². The highest BCUT2D eigenvalue weighted by Crippen LogP contribution is 2.43. The Morgan fingerprint density at radius 2 is 1.73 bits per heavy atom. The van der Waals surface area contributed by atoms with Crippen LogP contribution >= 0.6 is 0 Å². The van der Waals surface area contributed by atoms with E-state index in [1.165, 1.54) is 18.4 Å². The summed E-state index contributed by atoms with van der Waals surface area (Å²) in [6.07, 6.45) is 3.47. The van der Waals surface area contributed by atoms with Gasteiger partial charge in [0.15, 0.2) is 0 Å². The van der Waals surface area contributed by atoms with Gasteiger partial charge < -0.3 is 8.94 Å². The standard InChI is InChI=1S/C25H17FN4O3/c26-17-10-8-15(9-11-17)19-12-18(21-22(16-6-7-16)30-33-24(21)27-19)23(31)29-25-28-20(13-32-25)14-4-2-1-3-5-14/h1-5,8-13,16H,6-7H2,(H,28,29,31). The van der Waals surface area contributed by atoms with Crippen LogP contribution in [0.2, 0.25) is 0 Å². The summed E-state index contributed by atoms with van der Waals surface area (Å²) >= 11 is 0. The normalized spacial score (nSPS) is 13.4. The van der Waals surface area contributed by atoms with Crippen molar-refractivity contribution in [1.82, 2.24) is 15.1 Å². The van der Waals surface area contributed by atoms with Gasteiger partial charge in [-0.1, -0.05) is 35.5 Å². The Bertz CT molecular complexity index is 1470. The Morgan fingerprint density at radius 3 is 2.48 bits per heavy atom. The highest BCUT2D eigenvalue weighted by molar-refractivity contribution is 6.12. The Labute approximate surface area is 187 Å². The lowest BCUT2D eigenvalue weighted by atomic mass is 10.0. The molecule has 1 aliphatic carbocycles. The zero-order valence-electron chi connectivity index (χ0n) is 17.3. The number of rotatable bonds is 5. The fraction of sp³-hybridized carbons (Fsp3) is 0.120. The number of carbonyl (C=O) groups is 1. The molecule has 33 heavy (non-hydrogen) atoms. The first-order chi connectivity index (χ1) is 16.2. The molecule has 8 heteroatoms. The molecule has 0 atom stereocenters. The van der Waals surface area contributed by atoms with Crippen LogP contribution in [0.3, 0.4) is 0 Å². The number of halogens is 1. The van der Waals surface area contributed by atoms with Crippen LogP contribution in [0.5, 0.6) is 0 Å². The average Bonchev–Trinajstić information content (AvgIpc) is 3.42. The molecule has 7 nitrogen and oxygen atoms in total. The van der Waals surface area contributed by atoms with Crippen LogP contribution < -0.4 is 5.32 Å². The number of aromatic nitrogens is 3. The van der Waals surface area contributed by atoms with Gasteiger partial charge in [-0.05, 0) is 43.2 Å². The third-order valence-corrected chi connectivity index (χ3v) is 5.62. The van der Waals surface area contributed by atoms with E-state index < -0.39 is 5.91 Å². The number of hydrogen-bond acceptors (Lipinski definition) is 6. The number of nitrogens with zero attached hydrogens (tertiary/aromatic N) is 3. The van der Waals surface area contributed by atoms with Crippen LogP contribution in [-0.4, -0.2) is 21.0 Å². The maximum atomic E-state index is 13.4. The molecule has 0 bridgehead atoms. The van der Waals surface area contributed by atoms with Gasteiger partial charge in [0.25, 0.3) is 11.6 Å². The molecule has 6 rings (SSSR count). The van der Waals surface area contributed by atoms with Crippen LogP contribution in [0.15, 0.2) is 75.9 Å². The minimum atomic E-state index is -0.419. The maximum absolute atomic E-state index is 13.4. The van der Waals surface area contributed by atoms with Crippen molar-refractivity contribution in [2.75, 3.05) is 5.32 Å². The van der Waals surface area contributed by atoms with E-state index in [9.17, 15) is 9.18 Å². The third kappa shape index (κ3) is 3.65. The van der Waals surface area contributed by atoms with E-state index in [0.29, 0.717) is 27.9 Å². The van der Waals surface area contributed by atoms with Gasteiger partial charge in [-0.3, -0.25) is 10.1 Å². The zero-order chi connectivity index (χ0) is 22.4. The van der Waals surface area contributed by atoms with E-state index in [0.717, 1.165) is 24.1 Å². The van der Waals surface area contributed by atoms with Crippen molar-refractivity contribution in [1.29, 1.82) is 0 Å². The number of pyridine rings is 1. The van der Waals surface area contributed by atoms with Gasteiger partial charge in [0.2, 0.25) is 0 Å². The summed E-state index contributed by atoms with van der Waals surface area (Å²) in [5.74, 6) is -0.522. The summed E-state index contributed by atoms with van der Waals surface area (Å²) in [6, 6.07) is 17.2. The topological polar surface area (TPSA) is 94.1 Å². The zero-order valence-corrected chi connectivity index (χ0v) is 17.3. The number of nitrogens with one attached hydrogen (secondary N) is 1. The summed E-state index contributed by atoms with van der Waals surface area (Å²) in [7, 11) is 0. The van der Waals surface area contributed by atoms with Crippen molar-refractivity contribution < 1.29 is 18.1 Å². The molecule has 162 valence electrons. The van der Waals surface area contributed by atoms with Crippen molar-refractivity contribution in [2.24, 2.45) is 0 Å². The molecule has 3 heterocycles. The minimum absolute atomic E-state index is 0.0802. The van der Waals surface area contributed by atoms with Crippen LogP contribution in [0.1, 0.15) is 34.8 Å². The molecular formula is C25H17FN4O3. The molecule has 0 radical (unpaired) electrons. The van der Waals surface area contributed by atoms with Crippen molar-refractivity contribution in [3.63, 3.8) is 0 Å². The second-order valence-electron chi connectivity index (χ2n) is 7.94. The third-order valence-electron chi connectivity index (χ3n) is 5.62. The van der Waals surface area contributed by atoms with Gasteiger partial charge in [-0.15, -0.1) is 0 Å². The molecule has 0 spiro atoms. The Hall–Kier alpha value is -4.33. The summed E-state index contributed by atoms with van der Waals surface area (Å²) in [6.45, 7) is 0. The highest BCUT2D eigenvalue weighted by atomic mass is 19.1. The number of oxazole rings is 1. The molecule has 1 N–H and O–H groups in total. The number of carbonyl (C=O) groups excluding carboxylic acids is 1. The summed E-state index contributed by atoms with van der Waals surface area (Å²) in [5.41, 5.74) is 3.96. The molecule has 1 saturated carbocycles. The molecule has 1 aliphatic rings. The second-order valence-corrected chi connectivity index (χ2v) is 7.94. The van der Waals surface area contributed by atoms with Gasteiger partial charge in [0, 0.05) is 17.0 Å². The first-order valence-corrected chi connectivity index (χ1v) is 10.5. The number of amides is 1. The van der Waals surface area contributed by atoms with Crippen LogP contribution in [0.25, 0.3) is 33.6 Å². The van der Waals surface area contributed by atoms with Gasteiger partial charge in [0.1, 0.15) is 17.8 Å². The van der Waals surface area contributed by atoms with Crippen molar-refractivity contribution in [3.05, 3.63) is 84.0 Å². The summed E-state index contributed by atoms with van der Waals surface area (Å²) in [4.78, 5) is 22.2. The van der Waals surface area contributed by atoms with Gasteiger partial charge in [-0.2, -0.15) is 4.98 Å². The fourth-order valence-corrected chi connectivity index (χ4v) is 3.79. The van der Waals surface area contributed by atoms with Gasteiger partial charge in [-0.25, -0.2) is 9.37 Å². The smallest absolute Gasteiger partial charge is 0.302 e. The Morgan fingerprint density at radius 1 is 0.970 bits per heavy atom. The molecular weight excluding hydrogens is 423 g/mol. The average molecular weight is 440 g/mol. The number of hydrogen-bond donors (Lipinski definition) is 1. The van der Waals surface area contributed by atoms with E-state index in [1.54, 1.807) is 18.2 Å². The number of anilines is 1. The lowest BCUT2D eigenvalue weighted by molar-refractivity contribution is 0.102. The van der Waals surface area contributed by atoms with Crippen molar-refractivity contribution in [2.45, 2.75) is 18.8 Å².